The van der Waals surface area contributed by atoms with E-state index in [-0.39, 0.29) is 36.6 Å². The molecule has 0 amide bonds. The Morgan fingerprint density at radius 2 is 2.17 bits per heavy atom. The quantitative estimate of drug-likeness (QED) is 0.394. The SMILES string of the molecule is CC[C@H](CO)NC(=NC)NC.I. The molecule has 4 nitrogen and oxygen atoms in total. The highest BCUT2D eigenvalue weighted by atomic mass is 127. The summed E-state index contributed by atoms with van der Waals surface area (Å²) in [7, 11) is 3.49. The third kappa shape index (κ3) is 5.59. The van der Waals surface area contributed by atoms with Crippen LogP contribution in [0.25, 0.3) is 0 Å². The summed E-state index contributed by atoms with van der Waals surface area (Å²) >= 11 is 0. The standard InChI is InChI=1S/C7H17N3O.HI/c1-4-6(5-11)10-7(8-2)9-3;/h6,11H,4-5H2,1-3H3,(H2,8,9,10);1H/t6-;/m1./s1. The molecule has 0 aliphatic heterocycles. The summed E-state index contributed by atoms with van der Waals surface area (Å²) in [5, 5.41) is 14.7. The van der Waals surface area contributed by atoms with E-state index in [9.17, 15) is 0 Å². The van der Waals surface area contributed by atoms with Crippen LogP contribution in [0, 0.1) is 0 Å². The van der Waals surface area contributed by atoms with Crippen molar-refractivity contribution in [3.8, 4) is 0 Å². The molecule has 5 heteroatoms. The summed E-state index contributed by atoms with van der Waals surface area (Å²) in [4.78, 5) is 3.93. The molecule has 0 aliphatic rings. The van der Waals surface area contributed by atoms with Crippen molar-refractivity contribution in [2.75, 3.05) is 20.7 Å². The van der Waals surface area contributed by atoms with Crippen molar-refractivity contribution in [3.63, 3.8) is 0 Å². The molecule has 12 heavy (non-hydrogen) atoms. The first kappa shape index (κ1) is 14.5. The largest absolute Gasteiger partial charge is 0.394 e. The van der Waals surface area contributed by atoms with Crippen molar-refractivity contribution in [1.29, 1.82) is 0 Å². The molecule has 3 N–H and O–H groups in total. The Balaban J connectivity index is 0. The molecule has 0 rings (SSSR count). The Kier molecular flexibility index (Phi) is 10.9. The van der Waals surface area contributed by atoms with E-state index < -0.39 is 0 Å². The highest BCUT2D eigenvalue weighted by molar-refractivity contribution is 14.0. The minimum atomic E-state index is 0. The lowest BCUT2D eigenvalue weighted by Gasteiger charge is -2.16. The molecule has 0 aromatic heterocycles. The van der Waals surface area contributed by atoms with Gasteiger partial charge in [0.1, 0.15) is 0 Å². The van der Waals surface area contributed by atoms with Crippen LogP contribution >= 0.6 is 24.0 Å². The van der Waals surface area contributed by atoms with E-state index >= 15 is 0 Å². The Bertz CT molecular complexity index is 126. The molecular weight excluding hydrogens is 269 g/mol. The number of nitrogens with zero attached hydrogens (tertiary/aromatic N) is 1. The van der Waals surface area contributed by atoms with Gasteiger partial charge in [0.15, 0.2) is 5.96 Å². The molecule has 0 bridgehead atoms. The van der Waals surface area contributed by atoms with Gasteiger partial charge in [0.25, 0.3) is 0 Å². The van der Waals surface area contributed by atoms with E-state index in [4.69, 9.17) is 5.11 Å². The van der Waals surface area contributed by atoms with Gasteiger partial charge in [-0.15, -0.1) is 24.0 Å². The van der Waals surface area contributed by atoms with Crippen LogP contribution in [0.1, 0.15) is 13.3 Å². The van der Waals surface area contributed by atoms with Crippen molar-refractivity contribution in [3.05, 3.63) is 0 Å². The maximum absolute atomic E-state index is 8.82. The first-order chi connectivity index (χ1) is 5.28. The number of aliphatic hydroxyl groups excluding tert-OH is 1. The lowest BCUT2D eigenvalue weighted by Crippen LogP contribution is -2.43. The van der Waals surface area contributed by atoms with Gasteiger partial charge in [-0.05, 0) is 6.42 Å². The summed E-state index contributed by atoms with van der Waals surface area (Å²) in [5.41, 5.74) is 0. The fourth-order valence-corrected chi connectivity index (χ4v) is 0.719. The lowest BCUT2D eigenvalue weighted by atomic mass is 10.2. The average molecular weight is 287 g/mol. The number of aliphatic hydroxyl groups is 1. The summed E-state index contributed by atoms with van der Waals surface area (Å²) in [6, 6.07) is 0.0983. The van der Waals surface area contributed by atoms with E-state index in [1.165, 1.54) is 0 Å². The first-order valence-electron chi connectivity index (χ1n) is 3.80. The van der Waals surface area contributed by atoms with Crippen molar-refractivity contribution < 1.29 is 5.11 Å². The zero-order chi connectivity index (χ0) is 8.69. The summed E-state index contributed by atoms with van der Waals surface area (Å²) in [6.45, 7) is 2.15. The second-order valence-electron chi connectivity index (χ2n) is 2.25. The summed E-state index contributed by atoms with van der Waals surface area (Å²) in [6.07, 6.45) is 0.886. The van der Waals surface area contributed by atoms with Gasteiger partial charge in [-0.25, -0.2) is 0 Å². The van der Waals surface area contributed by atoms with Gasteiger partial charge >= 0.3 is 0 Å². The smallest absolute Gasteiger partial charge is 0.191 e. The van der Waals surface area contributed by atoms with Crippen LogP contribution in [0.4, 0.5) is 0 Å². The maximum Gasteiger partial charge on any atom is 0.191 e. The van der Waals surface area contributed by atoms with Gasteiger partial charge in [-0.2, -0.15) is 0 Å². The second-order valence-corrected chi connectivity index (χ2v) is 2.25. The molecule has 1 atom stereocenters. The van der Waals surface area contributed by atoms with Crippen LogP contribution < -0.4 is 10.6 Å². The lowest BCUT2D eigenvalue weighted by molar-refractivity contribution is 0.252. The van der Waals surface area contributed by atoms with E-state index in [2.05, 4.69) is 15.6 Å². The Hall–Kier alpha value is -0.0400. The number of hydrogen-bond donors (Lipinski definition) is 3. The highest BCUT2D eigenvalue weighted by Gasteiger charge is 2.04. The maximum atomic E-state index is 8.82. The monoisotopic (exact) mass is 287 g/mol. The molecule has 0 radical (unpaired) electrons. The van der Waals surface area contributed by atoms with Crippen molar-refractivity contribution >= 4 is 29.9 Å². The zero-order valence-corrected chi connectivity index (χ0v) is 10.1. The Morgan fingerprint density at radius 1 is 1.58 bits per heavy atom. The van der Waals surface area contributed by atoms with Gasteiger partial charge in [0.2, 0.25) is 0 Å². The van der Waals surface area contributed by atoms with Crippen LogP contribution in [-0.2, 0) is 0 Å². The zero-order valence-electron chi connectivity index (χ0n) is 7.79. The average Bonchev–Trinajstić information content (AvgIpc) is 2.07. The molecule has 0 saturated carbocycles. The fourth-order valence-electron chi connectivity index (χ4n) is 0.719. The molecule has 0 unspecified atom stereocenters. The van der Waals surface area contributed by atoms with Crippen molar-refractivity contribution in [2.24, 2.45) is 4.99 Å². The van der Waals surface area contributed by atoms with E-state index in [0.29, 0.717) is 5.96 Å². The van der Waals surface area contributed by atoms with Gasteiger partial charge in [0, 0.05) is 14.1 Å². The van der Waals surface area contributed by atoms with Crippen molar-refractivity contribution in [1.82, 2.24) is 10.6 Å². The van der Waals surface area contributed by atoms with Crippen LogP contribution in [0.3, 0.4) is 0 Å². The molecule has 0 aromatic rings. The van der Waals surface area contributed by atoms with E-state index in [1.807, 2.05) is 6.92 Å². The minimum absolute atomic E-state index is 0. The molecule has 0 spiro atoms. The topological polar surface area (TPSA) is 56.6 Å². The van der Waals surface area contributed by atoms with Crippen LogP contribution in [-0.4, -0.2) is 37.8 Å². The minimum Gasteiger partial charge on any atom is -0.394 e. The summed E-state index contributed by atoms with van der Waals surface area (Å²) in [5.74, 6) is 0.714. The number of aliphatic imine (C=N–C) groups is 1. The highest BCUT2D eigenvalue weighted by Crippen LogP contribution is 1.87. The Morgan fingerprint density at radius 3 is 2.42 bits per heavy atom. The first-order valence-corrected chi connectivity index (χ1v) is 3.80. The number of nitrogens with one attached hydrogen (secondary N) is 2. The molecule has 0 aliphatic carbocycles. The molecule has 74 valence electrons. The van der Waals surface area contributed by atoms with E-state index in [0.717, 1.165) is 6.42 Å². The van der Waals surface area contributed by atoms with E-state index in [1.54, 1.807) is 14.1 Å². The molecule has 0 fully saturated rings. The van der Waals surface area contributed by atoms with Crippen LogP contribution in [0.2, 0.25) is 0 Å². The third-order valence-corrected chi connectivity index (χ3v) is 1.51. The van der Waals surface area contributed by atoms with Gasteiger partial charge in [-0.1, -0.05) is 6.92 Å². The summed E-state index contributed by atoms with van der Waals surface area (Å²) < 4.78 is 0. The second kappa shape index (κ2) is 9.05. The third-order valence-electron chi connectivity index (χ3n) is 1.51. The predicted molar refractivity (Wildman–Crippen MR) is 62.1 cm³/mol. The van der Waals surface area contributed by atoms with Gasteiger partial charge in [0.05, 0.1) is 12.6 Å². The number of guanidine groups is 1. The molecular formula is C7H18IN3O. The molecule has 0 heterocycles. The molecule has 0 aromatic carbocycles. The van der Waals surface area contributed by atoms with Crippen LogP contribution in [0.5, 0.6) is 0 Å². The van der Waals surface area contributed by atoms with Gasteiger partial charge < -0.3 is 15.7 Å². The molecule has 0 saturated heterocycles. The predicted octanol–water partition coefficient (Wildman–Crippen LogP) is 0.170. The normalized spacial score (nSPS) is 13.2. The van der Waals surface area contributed by atoms with Crippen molar-refractivity contribution in [2.45, 2.75) is 19.4 Å². The van der Waals surface area contributed by atoms with Gasteiger partial charge in [-0.3, -0.25) is 4.99 Å². The number of rotatable bonds is 3. The fraction of sp³-hybridized carbons (Fsp3) is 0.857. The number of hydrogen-bond acceptors (Lipinski definition) is 2. The Labute approximate surface area is 90.9 Å². The number of halogens is 1. The van der Waals surface area contributed by atoms with Crippen LogP contribution in [0.15, 0.2) is 4.99 Å².